The summed E-state index contributed by atoms with van der Waals surface area (Å²) < 4.78 is 25.1. The lowest BCUT2D eigenvalue weighted by Gasteiger charge is -2.34. The third kappa shape index (κ3) is 3.03. The first-order chi connectivity index (χ1) is 7.55. The third-order valence-electron chi connectivity index (χ3n) is 3.25. The molecule has 0 spiro atoms. The van der Waals surface area contributed by atoms with Gasteiger partial charge in [-0.25, -0.2) is 8.78 Å². The standard InChI is InChI=1S/C12H17F2NO/c13-12(14)7-9(8-12)6-11(16)15-10-4-2-1-3-5-10/h2,4,9-10H,1,3,5-8H2,(H,15,16)/t10-/m1/s1. The van der Waals surface area contributed by atoms with Crippen LogP contribution in [0.15, 0.2) is 12.2 Å². The van der Waals surface area contributed by atoms with Crippen LogP contribution in [0.3, 0.4) is 0 Å². The molecular weight excluding hydrogens is 212 g/mol. The Morgan fingerprint density at radius 1 is 1.44 bits per heavy atom. The number of rotatable bonds is 3. The Morgan fingerprint density at radius 3 is 2.75 bits per heavy atom. The van der Waals surface area contributed by atoms with Gasteiger partial charge in [0.05, 0.1) is 0 Å². The molecule has 2 rings (SSSR count). The van der Waals surface area contributed by atoms with E-state index in [1.54, 1.807) is 0 Å². The van der Waals surface area contributed by atoms with E-state index < -0.39 is 5.92 Å². The van der Waals surface area contributed by atoms with Crippen LogP contribution in [-0.4, -0.2) is 17.9 Å². The Labute approximate surface area is 94.1 Å². The fourth-order valence-corrected chi connectivity index (χ4v) is 2.39. The second-order valence-corrected chi connectivity index (χ2v) is 4.87. The average Bonchev–Trinajstić information content (AvgIpc) is 2.16. The maximum absolute atomic E-state index is 12.6. The molecule has 0 aromatic heterocycles. The van der Waals surface area contributed by atoms with E-state index in [-0.39, 0.29) is 37.1 Å². The summed E-state index contributed by atoms with van der Waals surface area (Å²) in [5, 5.41) is 2.87. The number of halogens is 2. The molecule has 0 unspecified atom stereocenters. The monoisotopic (exact) mass is 229 g/mol. The van der Waals surface area contributed by atoms with Crippen LogP contribution in [0.5, 0.6) is 0 Å². The number of hydrogen-bond acceptors (Lipinski definition) is 1. The highest BCUT2D eigenvalue weighted by molar-refractivity contribution is 5.76. The van der Waals surface area contributed by atoms with E-state index in [1.165, 1.54) is 0 Å². The Morgan fingerprint density at radius 2 is 2.19 bits per heavy atom. The molecule has 1 fully saturated rings. The number of allylic oxidation sites excluding steroid dienone is 1. The smallest absolute Gasteiger partial charge is 0.248 e. The average molecular weight is 229 g/mol. The summed E-state index contributed by atoms with van der Waals surface area (Å²) in [7, 11) is 0. The number of carbonyl (C=O) groups is 1. The Bertz CT molecular complexity index is 293. The van der Waals surface area contributed by atoms with Crippen molar-refractivity contribution in [1.29, 1.82) is 0 Å². The molecule has 0 aromatic carbocycles. The second kappa shape index (κ2) is 4.52. The molecule has 0 saturated heterocycles. The number of hydrogen-bond donors (Lipinski definition) is 1. The maximum Gasteiger partial charge on any atom is 0.248 e. The Kier molecular flexibility index (Phi) is 3.26. The predicted octanol–water partition coefficient (Wildman–Crippen LogP) is 2.65. The zero-order valence-electron chi connectivity index (χ0n) is 9.22. The van der Waals surface area contributed by atoms with E-state index in [2.05, 4.69) is 11.4 Å². The van der Waals surface area contributed by atoms with E-state index in [1.807, 2.05) is 6.08 Å². The minimum atomic E-state index is -2.52. The fraction of sp³-hybridized carbons (Fsp3) is 0.750. The van der Waals surface area contributed by atoms with E-state index in [0.717, 1.165) is 19.3 Å². The van der Waals surface area contributed by atoms with Gasteiger partial charge < -0.3 is 5.32 Å². The predicted molar refractivity (Wildman–Crippen MR) is 57.2 cm³/mol. The van der Waals surface area contributed by atoms with Crippen molar-refractivity contribution >= 4 is 5.91 Å². The van der Waals surface area contributed by atoms with E-state index in [0.29, 0.717) is 0 Å². The number of carbonyl (C=O) groups excluding carboxylic acids is 1. The lowest BCUT2D eigenvalue weighted by molar-refractivity contribution is -0.134. The van der Waals surface area contributed by atoms with Crippen LogP contribution in [0.25, 0.3) is 0 Å². The molecular formula is C12H17F2NO. The zero-order valence-corrected chi connectivity index (χ0v) is 9.22. The third-order valence-corrected chi connectivity index (χ3v) is 3.25. The van der Waals surface area contributed by atoms with Crippen molar-refractivity contribution in [1.82, 2.24) is 5.32 Å². The molecule has 1 N–H and O–H groups in total. The van der Waals surface area contributed by atoms with Crippen LogP contribution in [0, 0.1) is 5.92 Å². The quantitative estimate of drug-likeness (QED) is 0.740. The molecule has 4 heteroatoms. The summed E-state index contributed by atoms with van der Waals surface area (Å²) in [6.45, 7) is 0. The molecule has 0 heterocycles. The molecule has 2 aliphatic carbocycles. The molecule has 0 aliphatic heterocycles. The van der Waals surface area contributed by atoms with Gasteiger partial charge in [0.25, 0.3) is 0 Å². The largest absolute Gasteiger partial charge is 0.350 e. The molecule has 1 amide bonds. The first-order valence-electron chi connectivity index (χ1n) is 5.89. The molecule has 0 aromatic rings. The molecule has 0 bridgehead atoms. The van der Waals surface area contributed by atoms with Gasteiger partial charge >= 0.3 is 0 Å². The Hall–Kier alpha value is -0.930. The topological polar surface area (TPSA) is 29.1 Å². The van der Waals surface area contributed by atoms with Crippen molar-refractivity contribution in [3.05, 3.63) is 12.2 Å². The van der Waals surface area contributed by atoms with Gasteiger partial charge in [0.2, 0.25) is 11.8 Å². The maximum atomic E-state index is 12.6. The minimum absolute atomic E-state index is 0.0861. The highest BCUT2D eigenvalue weighted by Crippen LogP contribution is 2.43. The molecule has 16 heavy (non-hydrogen) atoms. The summed E-state index contributed by atoms with van der Waals surface area (Å²) in [5.41, 5.74) is 0. The highest BCUT2D eigenvalue weighted by Gasteiger charge is 2.45. The van der Waals surface area contributed by atoms with Gasteiger partial charge in [0.1, 0.15) is 0 Å². The molecule has 1 saturated carbocycles. The zero-order chi connectivity index (χ0) is 11.6. The summed E-state index contributed by atoms with van der Waals surface area (Å²) in [5.74, 6) is -2.73. The lowest BCUT2D eigenvalue weighted by atomic mass is 9.79. The summed E-state index contributed by atoms with van der Waals surface area (Å²) >= 11 is 0. The van der Waals surface area contributed by atoms with Crippen molar-refractivity contribution in [2.45, 2.75) is 50.5 Å². The fourth-order valence-electron chi connectivity index (χ4n) is 2.39. The highest BCUT2D eigenvalue weighted by atomic mass is 19.3. The number of alkyl halides is 2. The molecule has 90 valence electrons. The van der Waals surface area contributed by atoms with Crippen molar-refractivity contribution in [3.63, 3.8) is 0 Å². The molecule has 2 aliphatic rings. The molecule has 0 radical (unpaired) electrons. The normalized spacial score (nSPS) is 28.5. The lowest BCUT2D eigenvalue weighted by Crippen LogP contribution is -2.41. The summed E-state index contributed by atoms with van der Waals surface area (Å²) in [6.07, 6.45) is 7.18. The SMILES string of the molecule is O=C(CC1CC(F)(F)C1)N[C@@H]1C=CCCC1. The van der Waals surface area contributed by atoms with E-state index in [9.17, 15) is 13.6 Å². The van der Waals surface area contributed by atoms with Crippen LogP contribution in [0.4, 0.5) is 8.78 Å². The minimum Gasteiger partial charge on any atom is -0.350 e. The second-order valence-electron chi connectivity index (χ2n) is 4.87. The van der Waals surface area contributed by atoms with Crippen LogP contribution in [0.1, 0.15) is 38.5 Å². The first kappa shape index (κ1) is 11.6. The van der Waals surface area contributed by atoms with Crippen molar-refractivity contribution in [2.75, 3.05) is 0 Å². The van der Waals surface area contributed by atoms with Gasteiger partial charge in [-0.2, -0.15) is 0 Å². The van der Waals surface area contributed by atoms with Crippen LogP contribution < -0.4 is 5.32 Å². The van der Waals surface area contributed by atoms with Crippen LogP contribution in [-0.2, 0) is 4.79 Å². The molecule has 1 atom stereocenters. The van der Waals surface area contributed by atoms with Crippen molar-refractivity contribution in [2.24, 2.45) is 5.92 Å². The van der Waals surface area contributed by atoms with Crippen LogP contribution in [0.2, 0.25) is 0 Å². The number of amides is 1. The van der Waals surface area contributed by atoms with Crippen molar-refractivity contribution < 1.29 is 13.6 Å². The summed E-state index contributed by atoms with van der Waals surface area (Å²) in [6, 6.07) is 0.113. The van der Waals surface area contributed by atoms with E-state index in [4.69, 9.17) is 0 Å². The van der Waals surface area contributed by atoms with Crippen LogP contribution >= 0.6 is 0 Å². The van der Waals surface area contributed by atoms with Gasteiger partial charge in [-0.3, -0.25) is 4.79 Å². The van der Waals surface area contributed by atoms with Gasteiger partial charge in [0, 0.05) is 25.3 Å². The van der Waals surface area contributed by atoms with E-state index >= 15 is 0 Å². The van der Waals surface area contributed by atoms with Gasteiger partial charge in [-0.05, 0) is 25.2 Å². The summed E-state index contributed by atoms with van der Waals surface area (Å²) in [4.78, 5) is 11.5. The van der Waals surface area contributed by atoms with Gasteiger partial charge in [0.15, 0.2) is 0 Å². The molecule has 2 nitrogen and oxygen atoms in total. The van der Waals surface area contributed by atoms with Crippen molar-refractivity contribution in [3.8, 4) is 0 Å². The van der Waals surface area contributed by atoms with Gasteiger partial charge in [-0.1, -0.05) is 12.2 Å². The van der Waals surface area contributed by atoms with Gasteiger partial charge in [-0.15, -0.1) is 0 Å². The first-order valence-corrected chi connectivity index (χ1v) is 5.89. The number of nitrogens with one attached hydrogen (secondary N) is 1. The Balaban J connectivity index is 1.69.